The van der Waals surface area contributed by atoms with Crippen molar-refractivity contribution >= 4 is 34.0 Å². The third-order valence-corrected chi connectivity index (χ3v) is 8.49. The van der Waals surface area contributed by atoms with Gasteiger partial charge in [0.25, 0.3) is 5.91 Å². The van der Waals surface area contributed by atoms with E-state index in [1.165, 1.54) is 11.1 Å². The highest BCUT2D eigenvalue weighted by atomic mass is 32.2. The maximum absolute atomic E-state index is 13.1. The van der Waals surface area contributed by atoms with Crippen LogP contribution in [0.1, 0.15) is 47.5 Å². The van der Waals surface area contributed by atoms with Crippen molar-refractivity contribution in [2.45, 2.75) is 57.0 Å². The van der Waals surface area contributed by atoms with E-state index in [4.69, 9.17) is 0 Å². The molecule has 3 N–H and O–H groups in total. The number of carbonyl (C=O) groups is 1. The number of hydrogen-bond acceptors (Lipinski definition) is 4. The van der Waals surface area contributed by atoms with Crippen LogP contribution in [0.2, 0.25) is 0 Å². The van der Waals surface area contributed by atoms with Crippen molar-refractivity contribution in [2.75, 3.05) is 18.4 Å². The first-order chi connectivity index (χ1) is 17.3. The molecule has 1 aromatic heterocycles. The van der Waals surface area contributed by atoms with Crippen LogP contribution in [0.15, 0.2) is 53.4 Å². The summed E-state index contributed by atoms with van der Waals surface area (Å²) in [5.41, 5.74) is 7.74. The van der Waals surface area contributed by atoms with Crippen LogP contribution < -0.4 is 10.6 Å². The predicted molar refractivity (Wildman–Crippen MR) is 147 cm³/mol. The molecule has 5 rings (SSSR count). The Bertz CT molecular complexity index is 1330. The summed E-state index contributed by atoms with van der Waals surface area (Å²) in [4.78, 5) is 19.7. The average Bonchev–Trinajstić information content (AvgIpc) is 3.29. The minimum atomic E-state index is -1.20. The van der Waals surface area contributed by atoms with Crippen molar-refractivity contribution < 1.29 is 9.00 Å². The van der Waals surface area contributed by atoms with Crippen molar-refractivity contribution in [1.29, 1.82) is 0 Å². The molecular formula is C29H34N4O2S. The molecule has 1 fully saturated rings. The Kier molecular flexibility index (Phi) is 6.97. The number of anilines is 1. The molecule has 1 unspecified atom stereocenters. The molecule has 188 valence electrons. The Morgan fingerprint density at radius 2 is 1.78 bits per heavy atom. The van der Waals surface area contributed by atoms with E-state index < -0.39 is 10.8 Å². The number of aromatic amines is 1. The molecule has 7 heteroatoms. The lowest BCUT2D eigenvalue weighted by atomic mass is 10.0. The minimum absolute atomic E-state index is 0.131. The molecule has 36 heavy (non-hydrogen) atoms. The first kappa shape index (κ1) is 24.7. The molecule has 0 radical (unpaired) electrons. The fourth-order valence-corrected chi connectivity index (χ4v) is 6.53. The normalized spacial score (nSPS) is 22.0. The predicted octanol–water partition coefficient (Wildman–Crippen LogP) is 4.61. The Morgan fingerprint density at radius 3 is 2.50 bits per heavy atom. The second-order valence-electron chi connectivity index (χ2n) is 10.1. The number of benzene rings is 2. The summed E-state index contributed by atoms with van der Waals surface area (Å²) in [6, 6.07) is 16.4. The standard InChI is InChI=1S/C29H34N4O2S/c1-18-14-33(15-19(2)30-18)16-26-20(3)28(31-21(26)4)13-25-24-12-23(10-11-27(24)32-29(25)34)36(35)17-22-8-6-5-7-9-22/h5-13,18-19,30-31H,14-17H2,1-4H3,(H,32,34)/t18-,19+,36?. The summed E-state index contributed by atoms with van der Waals surface area (Å²) in [6.07, 6.45) is 1.94. The van der Waals surface area contributed by atoms with Gasteiger partial charge in [0.05, 0.1) is 22.1 Å². The van der Waals surface area contributed by atoms with Crippen LogP contribution in [-0.2, 0) is 27.9 Å². The maximum Gasteiger partial charge on any atom is 0.256 e. The third kappa shape index (κ3) is 5.09. The molecule has 3 atom stereocenters. The van der Waals surface area contributed by atoms with Crippen LogP contribution in [0.3, 0.4) is 0 Å². The highest BCUT2D eigenvalue weighted by Crippen LogP contribution is 2.35. The highest BCUT2D eigenvalue weighted by molar-refractivity contribution is 7.84. The SMILES string of the molecule is Cc1[nH]c(C=C2C(=O)Nc3ccc(S(=O)Cc4ccccc4)cc32)c(C)c1CN1C[C@@H](C)N[C@@H](C)C1. The zero-order valence-corrected chi connectivity index (χ0v) is 22.2. The third-order valence-electron chi connectivity index (χ3n) is 7.11. The van der Waals surface area contributed by atoms with Crippen LogP contribution in [-0.4, -0.2) is 45.2 Å². The first-order valence-corrected chi connectivity index (χ1v) is 13.9. The molecule has 2 aliphatic rings. The zero-order chi connectivity index (χ0) is 25.4. The number of rotatable bonds is 6. The lowest BCUT2D eigenvalue weighted by molar-refractivity contribution is -0.110. The molecule has 0 spiro atoms. The number of hydrogen-bond donors (Lipinski definition) is 3. The largest absolute Gasteiger partial charge is 0.359 e. The number of carbonyl (C=O) groups excluding carboxylic acids is 1. The molecule has 0 bridgehead atoms. The Labute approximate surface area is 215 Å². The van der Waals surface area contributed by atoms with Crippen molar-refractivity contribution in [3.05, 3.63) is 82.2 Å². The van der Waals surface area contributed by atoms with Gasteiger partial charge in [0.15, 0.2) is 0 Å². The van der Waals surface area contributed by atoms with E-state index in [1.54, 1.807) is 0 Å². The van der Waals surface area contributed by atoms with Crippen LogP contribution in [0.5, 0.6) is 0 Å². The van der Waals surface area contributed by atoms with Crippen molar-refractivity contribution in [3.63, 3.8) is 0 Å². The maximum atomic E-state index is 13.1. The summed E-state index contributed by atoms with van der Waals surface area (Å²) in [7, 11) is -1.20. The number of nitrogens with zero attached hydrogens (tertiary/aromatic N) is 1. The fraction of sp³-hybridized carbons (Fsp3) is 0.345. The van der Waals surface area contributed by atoms with E-state index in [1.807, 2.05) is 54.6 Å². The Balaban J connectivity index is 1.41. The molecule has 6 nitrogen and oxygen atoms in total. The zero-order valence-electron chi connectivity index (χ0n) is 21.4. The van der Waals surface area contributed by atoms with Gasteiger partial charge in [-0.25, -0.2) is 0 Å². The molecule has 0 aliphatic carbocycles. The molecule has 3 heterocycles. The molecule has 3 aromatic rings. The molecule has 1 saturated heterocycles. The van der Waals surface area contributed by atoms with E-state index in [0.717, 1.165) is 52.7 Å². The molecule has 2 aromatic carbocycles. The van der Waals surface area contributed by atoms with Crippen LogP contribution in [0.4, 0.5) is 5.69 Å². The Morgan fingerprint density at radius 1 is 1.06 bits per heavy atom. The van der Waals surface area contributed by atoms with Crippen LogP contribution in [0.25, 0.3) is 11.6 Å². The number of nitrogens with one attached hydrogen (secondary N) is 3. The quantitative estimate of drug-likeness (QED) is 0.430. The number of amides is 1. The molecule has 1 amide bonds. The van der Waals surface area contributed by atoms with Gasteiger partial charge in [-0.2, -0.15) is 0 Å². The van der Waals surface area contributed by atoms with Gasteiger partial charge < -0.3 is 15.6 Å². The highest BCUT2D eigenvalue weighted by Gasteiger charge is 2.27. The summed E-state index contributed by atoms with van der Waals surface area (Å²) < 4.78 is 13.1. The van der Waals surface area contributed by atoms with Gasteiger partial charge in [0.1, 0.15) is 0 Å². The average molecular weight is 503 g/mol. The number of fused-ring (bicyclic) bond motifs is 1. The Hall–Kier alpha value is -3.00. The van der Waals surface area contributed by atoms with Crippen molar-refractivity contribution in [3.8, 4) is 0 Å². The van der Waals surface area contributed by atoms with Crippen molar-refractivity contribution in [2.24, 2.45) is 0 Å². The smallest absolute Gasteiger partial charge is 0.256 e. The van der Waals surface area contributed by atoms with Gasteiger partial charge in [-0.3, -0.25) is 13.9 Å². The van der Waals surface area contributed by atoms with Gasteiger partial charge in [-0.1, -0.05) is 30.3 Å². The van der Waals surface area contributed by atoms with Crippen LogP contribution >= 0.6 is 0 Å². The molecule has 0 saturated carbocycles. The number of H-pyrrole nitrogens is 1. The summed E-state index contributed by atoms with van der Waals surface area (Å²) >= 11 is 0. The van der Waals surface area contributed by atoms with E-state index in [9.17, 15) is 9.00 Å². The second-order valence-corrected chi connectivity index (χ2v) is 11.6. The first-order valence-electron chi connectivity index (χ1n) is 12.5. The summed E-state index contributed by atoms with van der Waals surface area (Å²) in [5.74, 6) is 0.315. The second kappa shape index (κ2) is 10.2. The molecule has 2 aliphatic heterocycles. The van der Waals surface area contributed by atoms with Gasteiger partial charge in [0.2, 0.25) is 0 Å². The van der Waals surface area contributed by atoms with Gasteiger partial charge in [0, 0.05) is 59.3 Å². The topological polar surface area (TPSA) is 77.2 Å². The summed E-state index contributed by atoms with van der Waals surface area (Å²) in [6.45, 7) is 11.6. The van der Waals surface area contributed by atoms with E-state index in [0.29, 0.717) is 23.4 Å². The van der Waals surface area contributed by atoms with E-state index in [-0.39, 0.29) is 5.91 Å². The van der Waals surface area contributed by atoms with Gasteiger partial charge in [-0.05, 0) is 68.7 Å². The van der Waals surface area contributed by atoms with E-state index in [2.05, 4.69) is 48.2 Å². The fourth-order valence-electron chi connectivity index (χ4n) is 5.39. The van der Waals surface area contributed by atoms with E-state index >= 15 is 0 Å². The lowest BCUT2D eigenvalue weighted by Gasteiger charge is -2.36. The molecular weight excluding hydrogens is 468 g/mol. The number of aromatic nitrogens is 1. The summed E-state index contributed by atoms with van der Waals surface area (Å²) in [5, 5.41) is 6.56. The number of piperazine rings is 1. The monoisotopic (exact) mass is 502 g/mol. The minimum Gasteiger partial charge on any atom is -0.359 e. The van der Waals surface area contributed by atoms with Gasteiger partial charge in [-0.15, -0.1) is 0 Å². The van der Waals surface area contributed by atoms with Crippen LogP contribution in [0, 0.1) is 13.8 Å². The lowest BCUT2D eigenvalue weighted by Crippen LogP contribution is -2.53. The van der Waals surface area contributed by atoms with Gasteiger partial charge >= 0.3 is 0 Å². The van der Waals surface area contributed by atoms with Crippen molar-refractivity contribution in [1.82, 2.24) is 15.2 Å². The number of aryl methyl sites for hydroxylation is 1.